The number of carbonyl (C=O) groups is 3. The van der Waals surface area contributed by atoms with E-state index in [1.54, 1.807) is 0 Å². The van der Waals surface area contributed by atoms with Gasteiger partial charge in [-0.05, 0) is 13.8 Å². The Morgan fingerprint density at radius 2 is 1.76 bits per heavy atom. The number of carbonyl (C=O) groups excluding carboxylic acids is 2. The molecule has 0 saturated carbocycles. The van der Waals surface area contributed by atoms with Gasteiger partial charge in [0.2, 0.25) is 0 Å². The zero-order valence-electron chi connectivity index (χ0n) is 12.3. The van der Waals surface area contributed by atoms with Gasteiger partial charge in [-0.25, -0.2) is 9.59 Å². The molecule has 0 bridgehead atoms. The highest BCUT2D eigenvalue weighted by Crippen LogP contribution is 2.03. The first-order chi connectivity index (χ1) is 9.91. The molecule has 0 aromatic heterocycles. The molecule has 8 heteroatoms. The van der Waals surface area contributed by atoms with E-state index >= 15 is 0 Å². The maximum absolute atomic E-state index is 11.6. The van der Waals surface area contributed by atoms with Gasteiger partial charge in [-0.3, -0.25) is 15.0 Å². The topological polar surface area (TPSA) is 108 Å². The molecule has 3 N–H and O–H groups in total. The zero-order chi connectivity index (χ0) is 15.8. The van der Waals surface area contributed by atoms with Gasteiger partial charge in [-0.1, -0.05) is 0 Å². The average Bonchev–Trinajstić information content (AvgIpc) is 2.46. The summed E-state index contributed by atoms with van der Waals surface area (Å²) in [6.07, 6.45) is 0. The monoisotopic (exact) mass is 299 g/mol. The Hall–Kier alpha value is -1.93. The quantitative estimate of drug-likeness (QED) is 0.594. The summed E-state index contributed by atoms with van der Waals surface area (Å²) in [5, 5.41) is 13.4. The summed E-state index contributed by atoms with van der Waals surface area (Å²) in [7, 11) is 0. The number of urea groups is 1. The molecule has 0 spiro atoms. The SMILES string of the molecule is CC(C(=O)O)=C(C)C(=O)NC(=O)NCCN1CCOCC1. The minimum absolute atomic E-state index is 0.00540. The highest BCUT2D eigenvalue weighted by Gasteiger charge is 2.15. The Kier molecular flexibility index (Phi) is 6.83. The number of hydrogen-bond donors (Lipinski definition) is 3. The first-order valence-electron chi connectivity index (χ1n) is 6.72. The molecule has 0 atom stereocenters. The number of aliphatic carboxylic acids is 1. The summed E-state index contributed by atoms with van der Waals surface area (Å²) >= 11 is 0. The Morgan fingerprint density at radius 1 is 1.14 bits per heavy atom. The largest absolute Gasteiger partial charge is 0.478 e. The van der Waals surface area contributed by atoms with Crippen LogP contribution in [0.15, 0.2) is 11.1 Å². The van der Waals surface area contributed by atoms with Gasteiger partial charge in [0.15, 0.2) is 0 Å². The molecule has 1 aliphatic rings. The molecule has 0 aromatic carbocycles. The van der Waals surface area contributed by atoms with Crippen LogP contribution >= 0.6 is 0 Å². The Morgan fingerprint density at radius 3 is 2.33 bits per heavy atom. The Labute approximate surface area is 123 Å². The van der Waals surface area contributed by atoms with Gasteiger partial charge in [0, 0.05) is 37.3 Å². The first-order valence-corrected chi connectivity index (χ1v) is 6.72. The van der Waals surface area contributed by atoms with Crippen LogP contribution in [-0.4, -0.2) is 67.3 Å². The van der Waals surface area contributed by atoms with Gasteiger partial charge >= 0.3 is 12.0 Å². The van der Waals surface area contributed by atoms with E-state index in [-0.39, 0.29) is 11.1 Å². The van der Waals surface area contributed by atoms with Gasteiger partial charge in [-0.15, -0.1) is 0 Å². The lowest BCUT2D eigenvalue weighted by molar-refractivity contribution is -0.133. The molecule has 21 heavy (non-hydrogen) atoms. The predicted octanol–water partition coefficient (Wildman–Crippen LogP) is -0.435. The van der Waals surface area contributed by atoms with Crippen molar-refractivity contribution in [2.45, 2.75) is 13.8 Å². The van der Waals surface area contributed by atoms with Crippen molar-refractivity contribution in [1.29, 1.82) is 0 Å². The second-order valence-electron chi connectivity index (χ2n) is 4.72. The fourth-order valence-electron chi connectivity index (χ4n) is 1.72. The number of nitrogens with zero attached hydrogens (tertiary/aromatic N) is 1. The van der Waals surface area contributed by atoms with Crippen LogP contribution in [0, 0.1) is 0 Å². The molecule has 0 aliphatic carbocycles. The van der Waals surface area contributed by atoms with E-state index in [0.717, 1.165) is 13.1 Å². The second kappa shape index (κ2) is 8.38. The van der Waals surface area contributed by atoms with Crippen molar-refractivity contribution >= 4 is 17.9 Å². The number of nitrogens with one attached hydrogen (secondary N) is 2. The fraction of sp³-hybridized carbons (Fsp3) is 0.615. The van der Waals surface area contributed by atoms with Crippen LogP contribution < -0.4 is 10.6 Å². The van der Waals surface area contributed by atoms with E-state index < -0.39 is 17.9 Å². The maximum Gasteiger partial charge on any atom is 0.331 e. The Balaban J connectivity index is 2.31. The van der Waals surface area contributed by atoms with E-state index in [4.69, 9.17) is 9.84 Å². The number of hydrogen-bond acceptors (Lipinski definition) is 5. The molecular formula is C13H21N3O5. The van der Waals surface area contributed by atoms with Crippen LogP contribution in [-0.2, 0) is 14.3 Å². The molecular weight excluding hydrogens is 278 g/mol. The van der Waals surface area contributed by atoms with Gasteiger partial charge < -0.3 is 15.2 Å². The lowest BCUT2D eigenvalue weighted by Gasteiger charge is -2.26. The van der Waals surface area contributed by atoms with E-state index in [0.29, 0.717) is 26.3 Å². The minimum atomic E-state index is -1.18. The highest BCUT2D eigenvalue weighted by atomic mass is 16.5. The fourth-order valence-corrected chi connectivity index (χ4v) is 1.72. The Bertz CT molecular complexity index is 441. The van der Waals surface area contributed by atoms with E-state index in [9.17, 15) is 14.4 Å². The molecule has 1 rings (SSSR count). The van der Waals surface area contributed by atoms with Crippen molar-refractivity contribution in [3.8, 4) is 0 Å². The standard InChI is InChI=1S/C13H21N3O5/c1-9(10(2)12(18)19)11(17)15-13(20)14-3-4-16-5-7-21-8-6-16/h3-8H2,1-2H3,(H,18,19)(H2,14,15,17,20). The molecule has 1 aliphatic heterocycles. The second-order valence-corrected chi connectivity index (χ2v) is 4.72. The van der Waals surface area contributed by atoms with Crippen molar-refractivity contribution in [3.63, 3.8) is 0 Å². The number of amides is 3. The van der Waals surface area contributed by atoms with Gasteiger partial charge in [0.05, 0.1) is 13.2 Å². The molecule has 1 heterocycles. The summed E-state index contributed by atoms with van der Waals surface area (Å²) in [5.41, 5.74) is -0.0838. The number of imide groups is 1. The molecule has 0 unspecified atom stereocenters. The smallest absolute Gasteiger partial charge is 0.331 e. The summed E-state index contributed by atoms with van der Waals surface area (Å²) < 4.78 is 5.21. The maximum atomic E-state index is 11.6. The van der Waals surface area contributed by atoms with Gasteiger partial charge in [0.25, 0.3) is 5.91 Å². The van der Waals surface area contributed by atoms with E-state index in [2.05, 4.69) is 15.5 Å². The third-order valence-electron chi connectivity index (χ3n) is 3.27. The van der Waals surface area contributed by atoms with Crippen LogP contribution in [0.2, 0.25) is 0 Å². The van der Waals surface area contributed by atoms with Crippen LogP contribution in [0.25, 0.3) is 0 Å². The first kappa shape index (κ1) is 17.1. The average molecular weight is 299 g/mol. The van der Waals surface area contributed by atoms with Gasteiger partial charge in [-0.2, -0.15) is 0 Å². The van der Waals surface area contributed by atoms with Gasteiger partial charge in [0.1, 0.15) is 0 Å². The van der Waals surface area contributed by atoms with Crippen molar-refractivity contribution in [2.75, 3.05) is 39.4 Å². The van der Waals surface area contributed by atoms with Crippen molar-refractivity contribution in [2.24, 2.45) is 0 Å². The van der Waals surface area contributed by atoms with Crippen LogP contribution in [0.1, 0.15) is 13.8 Å². The lowest BCUT2D eigenvalue weighted by atomic mass is 10.1. The van der Waals surface area contributed by atoms with Crippen LogP contribution in [0.3, 0.4) is 0 Å². The minimum Gasteiger partial charge on any atom is -0.478 e. The summed E-state index contributed by atoms with van der Waals surface area (Å²) in [6, 6.07) is -0.634. The lowest BCUT2D eigenvalue weighted by Crippen LogP contribution is -2.45. The van der Waals surface area contributed by atoms with Crippen LogP contribution in [0.4, 0.5) is 4.79 Å². The van der Waals surface area contributed by atoms with E-state index in [1.807, 2.05) is 0 Å². The number of rotatable bonds is 5. The van der Waals surface area contributed by atoms with Crippen molar-refractivity contribution < 1.29 is 24.2 Å². The third-order valence-corrected chi connectivity index (χ3v) is 3.27. The molecule has 0 radical (unpaired) electrons. The molecule has 1 fully saturated rings. The molecule has 1 saturated heterocycles. The van der Waals surface area contributed by atoms with Crippen molar-refractivity contribution in [1.82, 2.24) is 15.5 Å². The van der Waals surface area contributed by atoms with Crippen molar-refractivity contribution in [3.05, 3.63) is 11.1 Å². The molecule has 0 aromatic rings. The van der Waals surface area contributed by atoms with E-state index in [1.165, 1.54) is 13.8 Å². The summed E-state index contributed by atoms with van der Waals surface area (Å²) in [5.74, 6) is -1.89. The summed E-state index contributed by atoms with van der Waals surface area (Å²) in [4.78, 5) is 36.0. The zero-order valence-corrected chi connectivity index (χ0v) is 12.3. The van der Waals surface area contributed by atoms with Crippen LogP contribution in [0.5, 0.6) is 0 Å². The third kappa shape index (κ3) is 5.92. The summed E-state index contributed by atoms with van der Waals surface area (Å²) in [6.45, 7) is 6.76. The number of carboxylic acids is 1. The molecule has 118 valence electrons. The number of carboxylic acid groups (broad SMARTS) is 1. The molecule has 3 amide bonds. The normalized spacial score (nSPS) is 16.9. The number of morpholine rings is 1. The molecule has 8 nitrogen and oxygen atoms in total. The highest BCUT2D eigenvalue weighted by molar-refractivity contribution is 6.07. The number of ether oxygens (including phenoxy) is 1. The predicted molar refractivity (Wildman–Crippen MR) is 74.8 cm³/mol.